The van der Waals surface area contributed by atoms with Crippen molar-refractivity contribution in [3.8, 4) is 0 Å². The van der Waals surface area contributed by atoms with Gasteiger partial charge in [-0.25, -0.2) is 8.78 Å². The smallest absolute Gasteiger partial charge is 0.255 e. The van der Waals surface area contributed by atoms with Crippen LogP contribution in [0.15, 0.2) is 60.7 Å². The van der Waals surface area contributed by atoms with Crippen LogP contribution >= 0.6 is 0 Å². The van der Waals surface area contributed by atoms with Crippen LogP contribution in [0.5, 0.6) is 0 Å². The molecular formula is C20H22F2O4. The van der Waals surface area contributed by atoms with Crippen LogP contribution in [0.4, 0.5) is 8.78 Å². The van der Waals surface area contributed by atoms with E-state index >= 15 is 0 Å². The van der Waals surface area contributed by atoms with Crippen LogP contribution in [0, 0.1) is 0 Å². The molecule has 2 aromatic rings. The highest BCUT2D eigenvalue weighted by Gasteiger charge is 2.43. The van der Waals surface area contributed by atoms with E-state index in [4.69, 9.17) is 14.2 Å². The Bertz CT molecular complexity index is 666. The molecule has 1 heterocycles. The topological polar surface area (TPSA) is 47.9 Å². The molecule has 140 valence electrons. The van der Waals surface area contributed by atoms with E-state index in [-0.39, 0.29) is 13.2 Å². The Kier molecular flexibility index (Phi) is 6.32. The van der Waals surface area contributed by atoms with Gasteiger partial charge in [0.05, 0.1) is 25.7 Å². The normalized spacial score (nSPS) is 23.5. The maximum absolute atomic E-state index is 14.0. The standard InChI is InChI=1S/C20H22F2O4/c21-20(22)11-17(14-25-19(23)16-9-5-2-6-10-16)26-18(12-20)24-13-15-7-3-1-4-8-15/h1-10,17-19,23H,11-14H2. The van der Waals surface area contributed by atoms with Gasteiger partial charge < -0.3 is 19.3 Å². The molecule has 0 aromatic heterocycles. The lowest BCUT2D eigenvalue weighted by molar-refractivity contribution is -0.269. The minimum Gasteiger partial charge on any atom is -0.364 e. The zero-order chi connectivity index (χ0) is 18.4. The molecule has 1 fully saturated rings. The lowest BCUT2D eigenvalue weighted by atomic mass is 10.0. The van der Waals surface area contributed by atoms with E-state index in [1.54, 1.807) is 24.3 Å². The molecule has 0 amide bonds. The minimum absolute atomic E-state index is 0.142. The number of benzene rings is 2. The van der Waals surface area contributed by atoms with Gasteiger partial charge in [0.25, 0.3) is 5.92 Å². The van der Waals surface area contributed by atoms with Gasteiger partial charge in [-0.05, 0) is 5.56 Å². The molecule has 0 spiro atoms. The third-order valence-electron chi connectivity index (χ3n) is 4.14. The second-order valence-electron chi connectivity index (χ2n) is 6.34. The molecule has 1 aliphatic rings. The van der Waals surface area contributed by atoms with Crippen molar-refractivity contribution in [3.63, 3.8) is 0 Å². The first kappa shape index (κ1) is 18.9. The highest BCUT2D eigenvalue weighted by molar-refractivity contribution is 5.15. The Balaban J connectivity index is 1.52. The molecule has 4 nitrogen and oxygen atoms in total. The van der Waals surface area contributed by atoms with E-state index in [0.717, 1.165) is 5.56 Å². The summed E-state index contributed by atoms with van der Waals surface area (Å²) in [5, 5.41) is 10.0. The maximum atomic E-state index is 14.0. The average Bonchev–Trinajstić information content (AvgIpc) is 2.65. The number of hydrogen-bond acceptors (Lipinski definition) is 4. The van der Waals surface area contributed by atoms with Crippen LogP contribution < -0.4 is 0 Å². The Morgan fingerprint density at radius 1 is 1.04 bits per heavy atom. The average molecular weight is 364 g/mol. The van der Waals surface area contributed by atoms with Crippen molar-refractivity contribution in [3.05, 3.63) is 71.8 Å². The van der Waals surface area contributed by atoms with Crippen molar-refractivity contribution >= 4 is 0 Å². The van der Waals surface area contributed by atoms with Crippen LogP contribution in [0.2, 0.25) is 0 Å². The zero-order valence-electron chi connectivity index (χ0n) is 14.3. The Labute approximate surface area is 151 Å². The summed E-state index contributed by atoms with van der Waals surface area (Å²) >= 11 is 0. The molecule has 6 heteroatoms. The van der Waals surface area contributed by atoms with E-state index in [0.29, 0.717) is 5.56 Å². The van der Waals surface area contributed by atoms with Gasteiger partial charge in [-0.15, -0.1) is 0 Å². The summed E-state index contributed by atoms with van der Waals surface area (Å²) in [5.41, 5.74) is 1.45. The summed E-state index contributed by atoms with van der Waals surface area (Å²) in [6.07, 6.45) is -3.99. The molecule has 0 bridgehead atoms. The number of rotatable bonds is 7. The summed E-state index contributed by atoms with van der Waals surface area (Å²) in [7, 11) is 0. The summed E-state index contributed by atoms with van der Waals surface area (Å²) in [5.74, 6) is -2.90. The van der Waals surface area contributed by atoms with Crippen LogP contribution in [0.3, 0.4) is 0 Å². The first-order valence-electron chi connectivity index (χ1n) is 8.55. The predicted molar refractivity (Wildman–Crippen MR) is 91.4 cm³/mol. The first-order chi connectivity index (χ1) is 12.5. The lowest BCUT2D eigenvalue weighted by Crippen LogP contribution is -2.43. The van der Waals surface area contributed by atoms with Gasteiger partial charge in [-0.3, -0.25) is 0 Å². The summed E-state index contributed by atoms with van der Waals surface area (Å²) in [6, 6.07) is 18.1. The van der Waals surface area contributed by atoms with Gasteiger partial charge in [0.2, 0.25) is 0 Å². The van der Waals surface area contributed by atoms with Crippen molar-refractivity contribution in [1.29, 1.82) is 0 Å². The molecule has 0 saturated carbocycles. The first-order valence-corrected chi connectivity index (χ1v) is 8.55. The molecule has 1 saturated heterocycles. The quantitative estimate of drug-likeness (QED) is 0.753. The summed E-state index contributed by atoms with van der Waals surface area (Å²) in [6.45, 7) is 0.0542. The van der Waals surface area contributed by atoms with Crippen molar-refractivity contribution < 1.29 is 28.1 Å². The highest BCUT2D eigenvalue weighted by atomic mass is 19.3. The number of hydrogen-bond donors (Lipinski definition) is 1. The van der Waals surface area contributed by atoms with Crippen molar-refractivity contribution in [2.45, 2.75) is 44.1 Å². The molecule has 3 atom stereocenters. The Hall–Kier alpha value is -1.86. The fourth-order valence-corrected chi connectivity index (χ4v) is 2.84. The fourth-order valence-electron chi connectivity index (χ4n) is 2.84. The Morgan fingerprint density at radius 2 is 1.69 bits per heavy atom. The van der Waals surface area contributed by atoms with Gasteiger partial charge >= 0.3 is 0 Å². The van der Waals surface area contributed by atoms with Gasteiger partial charge in [0.15, 0.2) is 12.6 Å². The molecule has 1 aliphatic heterocycles. The molecule has 1 N–H and O–H groups in total. The van der Waals surface area contributed by atoms with Crippen LogP contribution in [0.25, 0.3) is 0 Å². The number of alkyl halides is 2. The minimum atomic E-state index is -2.90. The summed E-state index contributed by atoms with van der Waals surface area (Å²) < 4.78 is 44.4. The van der Waals surface area contributed by atoms with E-state index in [2.05, 4.69) is 0 Å². The SMILES string of the molecule is OC(OCC1CC(F)(F)CC(OCc2ccccc2)O1)c1ccccc1. The van der Waals surface area contributed by atoms with Crippen molar-refractivity contribution in [2.75, 3.05) is 6.61 Å². The third kappa shape index (κ3) is 5.57. The van der Waals surface area contributed by atoms with Gasteiger partial charge in [-0.2, -0.15) is 0 Å². The van der Waals surface area contributed by atoms with Crippen LogP contribution in [-0.4, -0.2) is 30.0 Å². The molecule has 0 aliphatic carbocycles. The van der Waals surface area contributed by atoms with Crippen LogP contribution in [0.1, 0.15) is 30.3 Å². The van der Waals surface area contributed by atoms with Crippen molar-refractivity contribution in [1.82, 2.24) is 0 Å². The van der Waals surface area contributed by atoms with E-state index in [1.807, 2.05) is 36.4 Å². The third-order valence-corrected chi connectivity index (χ3v) is 4.14. The molecular weight excluding hydrogens is 342 g/mol. The highest BCUT2D eigenvalue weighted by Crippen LogP contribution is 2.35. The van der Waals surface area contributed by atoms with Gasteiger partial charge in [0.1, 0.15) is 0 Å². The van der Waals surface area contributed by atoms with Crippen molar-refractivity contribution in [2.24, 2.45) is 0 Å². The van der Waals surface area contributed by atoms with Gasteiger partial charge in [0, 0.05) is 12.0 Å². The molecule has 26 heavy (non-hydrogen) atoms. The van der Waals surface area contributed by atoms with E-state index in [1.165, 1.54) is 0 Å². The summed E-state index contributed by atoms with van der Waals surface area (Å²) in [4.78, 5) is 0. The molecule has 2 aromatic carbocycles. The monoisotopic (exact) mass is 364 g/mol. The Morgan fingerprint density at radius 3 is 2.38 bits per heavy atom. The van der Waals surface area contributed by atoms with E-state index in [9.17, 15) is 13.9 Å². The number of ether oxygens (including phenoxy) is 3. The molecule has 3 rings (SSSR count). The second-order valence-corrected chi connectivity index (χ2v) is 6.34. The number of aliphatic hydroxyl groups excluding tert-OH is 1. The fraction of sp³-hybridized carbons (Fsp3) is 0.400. The zero-order valence-corrected chi connectivity index (χ0v) is 14.3. The number of aliphatic hydroxyl groups is 1. The maximum Gasteiger partial charge on any atom is 0.255 e. The molecule has 0 radical (unpaired) electrons. The lowest BCUT2D eigenvalue weighted by Gasteiger charge is -2.35. The largest absolute Gasteiger partial charge is 0.364 e. The predicted octanol–water partition coefficient (Wildman–Crippen LogP) is 4.05. The van der Waals surface area contributed by atoms with Crippen LogP contribution in [-0.2, 0) is 20.8 Å². The number of halogens is 2. The van der Waals surface area contributed by atoms with E-state index < -0.39 is 37.4 Å². The van der Waals surface area contributed by atoms with Gasteiger partial charge in [-0.1, -0.05) is 60.7 Å². The molecule has 3 unspecified atom stereocenters. The second kappa shape index (κ2) is 8.68.